The Labute approximate surface area is 186 Å². The third-order valence-corrected chi connectivity index (χ3v) is 5.00. The van der Waals surface area contributed by atoms with Crippen LogP contribution in [0.2, 0.25) is 0 Å². The maximum absolute atomic E-state index is 12.9. The zero-order valence-corrected chi connectivity index (χ0v) is 17.6. The van der Waals surface area contributed by atoms with Crippen LogP contribution in [-0.2, 0) is 20.8 Å². The summed E-state index contributed by atoms with van der Waals surface area (Å²) < 4.78 is 56.2. The zero-order valence-electron chi connectivity index (χ0n) is 17.6. The van der Waals surface area contributed by atoms with Crippen LogP contribution in [0.5, 0.6) is 0 Å². The van der Waals surface area contributed by atoms with E-state index in [1.54, 1.807) is 0 Å². The second-order valence-corrected chi connectivity index (χ2v) is 7.36. The van der Waals surface area contributed by atoms with Crippen LogP contribution >= 0.6 is 0 Å². The fourth-order valence-electron chi connectivity index (χ4n) is 3.43. The maximum Gasteiger partial charge on any atom is 0.472 e. The van der Waals surface area contributed by atoms with Gasteiger partial charge in [-0.15, -0.1) is 6.42 Å². The van der Waals surface area contributed by atoms with Crippen LogP contribution in [-0.4, -0.2) is 46.6 Å². The smallest absolute Gasteiger partial charge is 0.374 e. The van der Waals surface area contributed by atoms with E-state index in [-0.39, 0.29) is 31.8 Å². The minimum absolute atomic E-state index is 0.0405. The molecule has 1 aliphatic rings. The van der Waals surface area contributed by atoms with Gasteiger partial charge in [0.15, 0.2) is 0 Å². The van der Waals surface area contributed by atoms with E-state index in [1.165, 1.54) is 6.92 Å². The van der Waals surface area contributed by atoms with Gasteiger partial charge >= 0.3 is 17.8 Å². The monoisotopic (exact) mass is 466 g/mol. The van der Waals surface area contributed by atoms with Crippen LogP contribution in [0, 0.1) is 19.3 Å². The van der Waals surface area contributed by atoms with Crippen molar-refractivity contribution in [3.05, 3.63) is 68.5 Å². The lowest BCUT2D eigenvalue weighted by Crippen LogP contribution is -2.49. The number of aromatic nitrogens is 2. The number of carbonyl (C=O) groups is 1. The van der Waals surface area contributed by atoms with Crippen LogP contribution in [0.1, 0.15) is 28.6 Å². The van der Waals surface area contributed by atoms with Gasteiger partial charge in [-0.1, -0.05) is 36.3 Å². The van der Waals surface area contributed by atoms with E-state index in [0.29, 0.717) is 0 Å². The van der Waals surface area contributed by atoms with Crippen molar-refractivity contribution in [1.29, 1.82) is 0 Å². The first-order valence-electron chi connectivity index (χ1n) is 9.92. The van der Waals surface area contributed by atoms with Crippen LogP contribution in [0.3, 0.4) is 0 Å². The number of carbonyl (C=O) groups excluding carboxylic acids is 1. The Morgan fingerprint density at radius 1 is 1.27 bits per heavy atom. The number of hydrogen-bond donors (Lipinski definition) is 0. The van der Waals surface area contributed by atoms with Crippen molar-refractivity contribution in [2.45, 2.75) is 44.6 Å². The lowest BCUT2D eigenvalue weighted by Gasteiger charge is -2.19. The van der Waals surface area contributed by atoms with Gasteiger partial charge in [-0.2, -0.15) is 17.7 Å². The third-order valence-electron chi connectivity index (χ3n) is 5.00. The van der Waals surface area contributed by atoms with E-state index in [0.717, 1.165) is 16.3 Å². The lowest BCUT2D eigenvalue weighted by molar-refractivity contribution is -0.0959. The minimum Gasteiger partial charge on any atom is -0.374 e. The maximum atomic E-state index is 12.9. The SMILES string of the molecule is C#CCO[C@H]1C[C@H](n2cc(C)c(=O)n(C(=O)C(F)(F)F)c2=O)O[C@@H]1COCc1ccccc1. The van der Waals surface area contributed by atoms with Crippen LogP contribution in [0.4, 0.5) is 13.2 Å². The van der Waals surface area contributed by atoms with Crippen LogP contribution in [0.25, 0.3) is 0 Å². The molecule has 0 saturated carbocycles. The molecule has 0 amide bonds. The van der Waals surface area contributed by atoms with Gasteiger partial charge in [-0.3, -0.25) is 14.2 Å². The standard InChI is InChI=1S/C22H21F3N2O6/c1-3-9-32-16-10-18(33-17(16)13-31-12-15-7-5-4-6-8-15)26-11-14(2)19(28)27(21(26)30)20(29)22(23,24)25/h1,4-8,11,16-18H,9-10,12-13H2,2H3/t16-,17+,18+/m0/s1. The fraction of sp³-hybridized carbons (Fsp3) is 0.409. The molecule has 176 valence electrons. The Hall–Kier alpha value is -3.20. The number of benzene rings is 1. The first kappa shape index (κ1) is 24.4. The molecule has 0 bridgehead atoms. The molecule has 0 N–H and O–H groups in total. The van der Waals surface area contributed by atoms with Crippen LogP contribution in [0.15, 0.2) is 46.1 Å². The van der Waals surface area contributed by atoms with Gasteiger partial charge in [0.25, 0.3) is 5.56 Å². The van der Waals surface area contributed by atoms with Crippen molar-refractivity contribution < 1.29 is 32.2 Å². The molecule has 1 saturated heterocycles. The van der Waals surface area contributed by atoms with Crippen molar-refractivity contribution in [2.75, 3.05) is 13.2 Å². The van der Waals surface area contributed by atoms with Gasteiger partial charge in [0.1, 0.15) is 18.9 Å². The van der Waals surface area contributed by atoms with E-state index in [2.05, 4.69) is 5.92 Å². The fourth-order valence-corrected chi connectivity index (χ4v) is 3.43. The van der Waals surface area contributed by atoms with Gasteiger partial charge in [-0.05, 0) is 12.5 Å². The molecule has 0 spiro atoms. The predicted molar refractivity (Wildman–Crippen MR) is 110 cm³/mol. The summed E-state index contributed by atoms with van der Waals surface area (Å²) in [5.41, 5.74) is -2.13. The molecule has 33 heavy (non-hydrogen) atoms. The molecule has 0 aliphatic carbocycles. The summed E-state index contributed by atoms with van der Waals surface area (Å²) in [6.45, 7) is 1.46. The average molecular weight is 466 g/mol. The second-order valence-electron chi connectivity index (χ2n) is 7.36. The largest absolute Gasteiger partial charge is 0.472 e. The number of ether oxygens (including phenoxy) is 3. The van der Waals surface area contributed by atoms with Gasteiger partial charge in [0.2, 0.25) is 0 Å². The molecule has 3 atom stereocenters. The summed E-state index contributed by atoms with van der Waals surface area (Å²) in [5.74, 6) is -0.255. The van der Waals surface area contributed by atoms with E-state index < -0.39 is 46.3 Å². The molecule has 1 aromatic carbocycles. The normalized spacial score (nSPS) is 20.5. The molecule has 0 radical (unpaired) electrons. The molecular formula is C22H21F3N2O6. The summed E-state index contributed by atoms with van der Waals surface area (Å²) in [6.07, 6.45) is -1.49. The Balaban J connectivity index is 1.84. The lowest BCUT2D eigenvalue weighted by atomic mass is 10.2. The highest BCUT2D eigenvalue weighted by Crippen LogP contribution is 2.30. The third kappa shape index (κ3) is 5.60. The summed E-state index contributed by atoms with van der Waals surface area (Å²) in [4.78, 5) is 36.5. The topological polar surface area (TPSA) is 88.8 Å². The number of rotatable bonds is 7. The highest BCUT2D eigenvalue weighted by Gasteiger charge is 2.43. The molecule has 11 heteroatoms. The summed E-state index contributed by atoms with van der Waals surface area (Å²) in [5, 5.41) is 0. The molecule has 1 fully saturated rings. The number of hydrogen-bond acceptors (Lipinski definition) is 6. The minimum atomic E-state index is -5.41. The number of terminal acetylenes is 1. The van der Waals surface area contributed by atoms with Gasteiger partial charge in [0, 0.05) is 18.2 Å². The van der Waals surface area contributed by atoms with Crippen molar-refractivity contribution in [2.24, 2.45) is 0 Å². The molecule has 3 rings (SSSR count). The highest BCUT2D eigenvalue weighted by atomic mass is 19.4. The Morgan fingerprint density at radius 3 is 2.61 bits per heavy atom. The molecule has 2 aromatic rings. The number of aryl methyl sites for hydroxylation is 1. The van der Waals surface area contributed by atoms with Crippen molar-refractivity contribution in [3.8, 4) is 12.3 Å². The van der Waals surface area contributed by atoms with E-state index in [9.17, 15) is 27.6 Å². The Bertz CT molecular complexity index is 1150. The zero-order chi connectivity index (χ0) is 24.2. The molecule has 0 unspecified atom stereocenters. The second kappa shape index (κ2) is 10.2. The quantitative estimate of drug-likeness (QED) is 0.581. The summed E-state index contributed by atoms with van der Waals surface area (Å²) >= 11 is 0. The first-order valence-corrected chi connectivity index (χ1v) is 9.92. The van der Waals surface area contributed by atoms with E-state index >= 15 is 0 Å². The van der Waals surface area contributed by atoms with Gasteiger partial charge in [0.05, 0.1) is 19.3 Å². The molecule has 8 nitrogen and oxygen atoms in total. The molecule has 1 aliphatic heterocycles. The van der Waals surface area contributed by atoms with E-state index in [1.807, 2.05) is 30.3 Å². The van der Waals surface area contributed by atoms with Crippen molar-refractivity contribution in [1.82, 2.24) is 9.13 Å². The van der Waals surface area contributed by atoms with Gasteiger partial charge in [-0.25, -0.2) is 4.79 Å². The van der Waals surface area contributed by atoms with Crippen molar-refractivity contribution >= 4 is 5.91 Å². The average Bonchev–Trinajstić information content (AvgIpc) is 3.17. The number of nitrogens with zero attached hydrogens (tertiary/aromatic N) is 2. The molecule has 2 heterocycles. The Kier molecular flexibility index (Phi) is 7.53. The van der Waals surface area contributed by atoms with Crippen molar-refractivity contribution in [3.63, 3.8) is 0 Å². The molecular weight excluding hydrogens is 445 g/mol. The number of halogens is 3. The van der Waals surface area contributed by atoms with E-state index in [4.69, 9.17) is 20.6 Å². The highest BCUT2D eigenvalue weighted by molar-refractivity contribution is 5.84. The van der Waals surface area contributed by atoms with Gasteiger partial charge < -0.3 is 14.2 Å². The summed E-state index contributed by atoms with van der Waals surface area (Å²) in [7, 11) is 0. The predicted octanol–water partition coefficient (Wildman–Crippen LogP) is 2.04. The first-order chi connectivity index (χ1) is 15.6. The molecule has 1 aromatic heterocycles. The summed E-state index contributed by atoms with van der Waals surface area (Å²) in [6, 6.07) is 9.30. The number of alkyl halides is 3. The van der Waals surface area contributed by atoms with Crippen LogP contribution < -0.4 is 11.2 Å². The Morgan fingerprint density at radius 2 is 1.97 bits per heavy atom.